The lowest BCUT2D eigenvalue weighted by Crippen LogP contribution is -2.38. The minimum atomic E-state index is -0.0143. The van der Waals surface area contributed by atoms with Gasteiger partial charge in [0.15, 0.2) is 5.69 Å². The summed E-state index contributed by atoms with van der Waals surface area (Å²) in [6.07, 6.45) is 6.63. The molecule has 2 N–H and O–H groups in total. The van der Waals surface area contributed by atoms with Crippen molar-refractivity contribution in [1.82, 2.24) is 20.4 Å². The maximum Gasteiger partial charge on any atom is 0.272 e. The number of amides is 1. The second-order valence-electron chi connectivity index (χ2n) is 7.65. The molecule has 1 fully saturated rings. The van der Waals surface area contributed by atoms with E-state index in [4.69, 9.17) is 5.10 Å². The van der Waals surface area contributed by atoms with Gasteiger partial charge < -0.3 is 10.6 Å². The van der Waals surface area contributed by atoms with Crippen molar-refractivity contribution < 1.29 is 4.79 Å². The van der Waals surface area contributed by atoms with Gasteiger partial charge in [-0.15, -0.1) is 0 Å². The van der Waals surface area contributed by atoms with E-state index >= 15 is 0 Å². The topological polar surface area (TPSA) is 59.0 Å². The normalized spacial score (nSPS) is 19.8. The van der Waals surface area contributed by atoms with Gasteiger partial charge in [0, 0.05) is 17.8 Å². The average molecular weight is 352 g/mol. The number of nitrogens with zero attached hydrogens (tertiary/aromatic N) is 2. The highest BCUT2D eigenvalue weighted by Crippen LogP contribution is 2.27. The van der Waals surface area contributed by atoms with Crippen LogP contribution in [0, 0.1) is 12.8 Å². The lowest BCUT2D eigenvalue weighted by Gasteiger charge is -2.22. The van der Waals surface area contributed by atoms with Gasteiger partial charge in [-0.1, -0.05) is 17.7 Å². The van der Waals surface area contributed by atoms with Gasteiger partial charge in [0.05, 0.1) is 5.69 Å². The number of piperidine rings is 1. The first-order valence-corrected chi connectivity index (χ1v) is 9.89. The molecule has 1 saturated heterocycles. The summed E-state index contributed by atoms with van der Waals surface area (Å²) in [5.74, 6) is 0.516. The van der Waals surface area contributed by atoms with Crippen LogP contribution in [0.3, 0.4) is 0 Å². The van der Waals surface area contributed by atoms with Gasteiger partial charge in [-0.25, -0.2) is 4.68 Å². The van der Waals surface area contributed by atoms with Crippen LogP contribution >= 0.6 is 0 Å². The Labute approximate surface area is 155 Å². The van der Waals surface area contributed by atoms with Crippen LogP contribution in [-0.4, -0.2) is 35.3 Å². The fraction of sp³-hybridized carbons (Fsp3) is 0.524. The molecule has 2 aromatic rings. The second kappa shape index (κ2) is 7.62. The van der Waals surface area contributed by atoms with E-state index in [1.807, 2.05) is 4.68 Å². The second-order valence-corrected chi connectivity index (χ2v) is 7.65. The summed E-state index contributed by atoms with van der Waals surface area (Å²) in [5, 5.41) is 11.3. The minimum absolute atomic E-state index is 0.0143. The summed E-state index contributed by atoms with van der Waals surface area (Å²) in [6.45, 7) is 4.91. The summed E-state index contributed by atoms with van der Waals surface area (Å²) in [5.41, 5.74) is 5.27. The van der Waals surface area contributed by atoms with E-state index in [0.717, 1.165) is 50.1 Å². The van der Waals surface area contributed by atoms with Gasteiger partial charge in [-0.2, -0.15) is 5.10 Å². The molecule has 5 heteroatoms. The third-order valence-corrected chi connectivity index (χ3v) is 5.62. The Morgan fingerprint density at radius 1 is 1.23 bits per heavy atom. The Bertz CT molecular complexity index is 772. The van der Waals surface area contributed by atoms with Crippen molar-refractivity contribution in [3.05, 3.63) is 46.8 Å². The van der Waals surface area contributed by atoms with Crippen molar-refractivity contribution in [2.24, 2.45) is 5.92 Å². The number of aryl methyl sites for hydroxylation is 1. The van der Waals surface area contributed by atoms with Gasteiger partial charge in [-0.3, -0.25) is 4.79 Å². The molecular formula is C21H28N4O. The summed E-state index contributed by atoms with van der Waals surface area (Å²) >= 11 is 0. The number of carbonyl (C=O) groups is 1. The van der Waals surface area contributed by atoms with Crippen molar-refractivity contribution in [3.63, 3.8) is 0 Å². The summed E-state index contributed by atoms with van der Waals surface area (Å²) in [4.78, 5) is 12.9. The molecule has 1 unspecified atom stereocenters. The number of rotatable bonds is 4. The fourth-order valence-electron chi connectivity index (χ4n) is 4.10. The smallest absolute Gasteiger partial charge is 0.272 e. The maximum absolute atomic E-state index is 12.9. The highest BCUT2D eigenvalue weighted by atomic mass is 16.1. The number of hydrogen-bond donors (Lipinski definition) is 2. The Morgan fingerprint density at radius 2 is 2.04 bits per heavy atom. The Balaban J connectivity index is 1.57. The Hall–Kier alpha value is -2.14. The zero-order valence-corrected chi connectivity index (χ0v) is 15.6. The monoisotopic (exact) mass is 352 g/mol. The van der Waals surface area contributed by atoms with E-state index in [0.29, 0.717) is 11.6 Å². The number of nitrogens with one attached hydrogen (secondary N) is 2. The van der Waals surface area contributed by atoms with Crippen molar-refractivity contribution in [3.8, 4) is 5.69 Å². The zero-order chi connectivity index (χ0) is 17.9. The molecular weight excluding hydrogens is 324 g/mol. The van der Waals surface area contributed by atoms with Gasteiger partial charge in [-0.05, 0) is 76.6 Å². The molecule has 1 aliphatic heterocycles. The summed E-state index contributed by atoms with van der Waals surface area (Å²) in [6, 6.07) is 8.38. The molecule has 0 radical (unpaired) electrons. The van der Waals surface area contributed by atoms with Crippen LogP contribution in [0.15, 0.2) is 24.3 Å². The molecule has 26 heavy (non-hydrogen) atoms. The first kappa shape index (κ1) is 17.3. The SMILES string of the molecule is Cc1ccc(-n2nc(C(=O)NCC3CCCNC3)c3c2CCCC3)cc1. The number of aromatic nitrogens is 2. The molecule has 2 aliphatic rings. The molecule has 0 spiro atoms. The Kier molecular flexibility index (Phi) is 5.07. The predicted octanol–water partition coefficient (Wildman–Crippen LogP) is 2.79. The van der Waals surface area contributed by atoms with Crippen LogP contribution in [0.2, 0.25) is 0 Å². The van der Waals surface area contributed by atoms with E-state index < -0.39 is 0 Å². The van der Waals surface area contributed by atoms with Crippen molar-refractivity contribution in [1.29, 1.82) is 0 Å². The summed E-state index contributed by atoms with van der Waals surface area (Å²) in [7, 11) is 0. The van der Waals surface area contributed by atoms with E-state index in [-0.39, 0.29) is 5.91 Å². The fourth-order valence-corrected chi connectivity index (χ4v) is 4.10. The molecule has 138 valence electrons. The van der Waals surface area contributed by atoms with E-state index in [2.05, 4.69) is 41.8 Å². The van der Waals surface area contributed by atoms with Gasteiger partial charge >= 0.3 is 0 Å². The minimum Gasteiger partial charge on any atom is -0.350 e. The molecule has 2 heterocycles. The zero-order valence-electron chi connectivity index (χ0n) is 15.6. The third kappa shape index (κ3) is 3.54. The molecule has 0 saturated carbocycles. The molecule has 1 aromatic carbocycles. The Morgan fingerprint density at radius 3 is 2.81 bits per heavy atom. The lowest BCUT2D eigenvalue weighted by atomic mass is 9.95. The lowest BCUT2D eigenvalue weighted by molar-refractivity contribution is 0.0938. The standard InChI is InChI=1S/C21H28N4O/c1-15-8-10-17(11-9-15)25-19-7-3-2-6-18(19)20(24-25)21(26)23-14-16-5-4-12-22-13-16/h8-11,16,22H,2-7,12-14H2,1H3,(H,23,26). The first-order chi connectivity index (χ1) is 12.7. The number of fused-ring (bicyclic) bond motifs is 1. The number of benzene rings is 1. The molecule has 1 amide bonds. The van der Waals surface area contributed by atoms with E-state index in [1.165, 1.54) is 30.5 Å². The highest BCUT2D eigenvalue weighted by Gasteiger charge is 2.26. The highest BCUT2D eigenvalue weighted by molar-refractivity contribution is 5.94. The molecule has 5 nitrogen and oxygen atoms in total. The molecule has 1 atom stereocenters. The van der Waals surface area contributed by atoms with Gasteiger partial charge in [0.2, 0.25) is 0 Å². The van der Waals surface area contributed by atoms with Crippen molar-refractivity contribution >= 4 is 5.91 Å². The van der Waals surface area contributed by atoms with Crippen molar-refractivity contribution in [2.45, 2.75) is 45.4 Å². The number of carbonyl (C=O) groups excluding carboxylic acids is 1. The first-order valence-electron chi connectivity index (χ1n) is 9.89. The third-order valence-electron chi connectivity index (χ3n) is 5.62. The summed E-state index contributed by atoms with van der Waals surface area (Å²) < 4.78 is 1.99. The van der Waals surface area contributed by atoms with Gasteiger partial charge in [0.25, 0.3) is 5.91 Å². The molecule has 0 bridgehead atoms. The quantitative estimate of drug-likeness (QED) is 0.890. The maximum atomic E-state index is 12.9. The van der Waals surface area contributed by atoms with Crippen molar-refractivity contribution in [2.75, 3.05) is 19.6 Å². The van der Waals surface area contributed by atoms with Crippen LogP contribution in [-0.2, 0) is 12.8 Å². The van der Waals surface area contributed by atoms with E-state index in [1.54, 1.807) is 0 Å². The van der Waals surface area contributed by atoms with Crippen LogP contribution < -0.4 is 10.6 Å². The van der Waals surface area contributed by atoms with Crippen LogP contribution in [0.4, 0.5) is 0 Å². The van der Waals surface area contributed by atoms with Crippen LogP contribution in [0.1, 0.15) is 53.0 Å². The van der Waals surface area contributed by atoms with E-state index in [9.17, 15) is 4.79 Å². The van der Waals surface area contributed by atoms with Crippen LogP contribution in [0.5, 0.6) is 0 Å². The predicted molar refractivity (Wildman–Crippen MR) is 103 cm³/mol. The largest absolute Gasteiger partial charge is 0.350 e. The number of hydrogen-bond acceptors (Lipinski definition) is 3. The molecule has 4 rings (SSSR count). The molecule has 1 aliphatic carbocycles. The average Bonchev–Trinajstić information content (AvgIpc) is 3.07. The van der Waals surface area contributed by atoms with Gasteiger partial charge in [0.1, 0.15) is 0 Å². The van der Waals surface area contributed by atoms with Crippen LogP contribution in [0.25, 0.3) is 5.69 Å². The molecule has 1 aromatic heterocycles.